The Hall–Kier alpha value is -0.800. The van der Waals surface area contributed by atoms with E-state index in [0.29, 0.717) is 5.41 Å². The Morgan fingerprint density at radius 1 is 1.26 bits per heavy atom. The van der Waals surface area contributed by atoms with E-state index < -0.39 is 0 Å². The molecule has 0 aliphatic heterocycles. The van der Waals surface area contributed by atoms with E-state index in [9.17, 15) is 0 Å². The molecule has 0 fully saturated rings. The predicted molar refractivity (Wildman–Crippen MR) is 83.6 cm³/mol. The van der Waals surface area contributed by atoms with Crippen LogP contribution in [0.1, 0.15) is 37.7 Å². The third-order valence-corrected chi connectivity index (χ3v) is 3.66. The minimum absolute atomic E-state index is 0.305. The van der Waals surface area contributed by atoms with Crippen molar-refractivity contribution in [3.05, 3.63) is 23.0 Å². The van der Waals surface area contributed by atoms with Gasteiger partial charge in [-0.25, -0.2) is 0 Å². The number of rotatable bonds is 7. The van der Waals surface area contributed by atoms with Gasteiger partial charge in [0.15, 0.2) is 0 Å². The van der Waals surface area contributed by atoms with Crippen molar-refractivity contribution in [1.29, 1.82) is 0 Å². The Bertz CT molecular complexity index is 402. The highest BCUT2D eigenvalue weighted by atomic mass is 15.1. The second-order valence-corrected chi connectivity index (χ2v) is 6.65. The van der Waals surface area contributed by atoms with Crippen LogP contribution in [0.15, 0.2) is 6.07 Å². The molecule has 1 N–H and O–H groups in total. The summed E-state index contributed by atoms with van der Waals surface area (Å²) in [5, 5.41) is 3.61. The van der Waals surface area contributed by atoms with Crippen LogP contribution in [-0.4, -0.2) is 36.7 Å². The van der Waals surface area contributed by atoms with Crippen LogP contribution in [0.2, 0.25) is 0 Å². The van der Waals surface area contributed by atoms with Crippen LogP contribution in [0.3, 0.4) is 0 Å². The molecule has 0 aromatic carbocycles. The molecule has 0 unspecified atom stereocenters. The molecule has 3 heteroatoms. The molecule has 0 spiro atoms. The van der Waals surface area contributed by atoms with Gasteiger partial charge in [-0.1, -0.05) is 13.8 Å². The highest BCUT2D eigenvalue weighted by Crippen LogP contribution is 2.17. The predicted octanol–water partition coefficient (Wildman–Crippen LogP) is 2.80. The molecular formula is C16H31N3. The summed E-state index contributed by atoms with van der Waals surface area (Å²) in [6, 6.07) is 2.31. The van der Waals surface area contributed by atoms with Crippen molar-refractivity contribution in [3.8, 4) is 0 Å². The lowest BCUT2D eigenvalue weighted by atomic mass is 9.93. The number of nitrogens with one attached hydrogen (secondary N) is 1. The monoisotopic (exact) mass is 265 g/mol. The average molecular weight is 265 g/mol. The van der Waals surface area contributed by atoms with Crippen molar-refractivity contribution >= 4 is 0 Å². The summed E-state index contributed by atoms with van der Waals surface area (Å²) < 4.78 is 2.38. The summed E-state index contributed by atoms with van der Waals surface area (Å²) in [5.74, 6) is 0. The number of aromatic nitrogens is 1. The molecule has 1 rings (SSSR count). The Labute approximate surface area is 119 Å². The van der Waals surface area contributed by atoms with E-state index in [0.717, 1.165) is 26.2 Å². The molecule has 1 heterocycles. The first-order chi connectivity index (χ1) is 8.76. The van der Waals surface area contributed by atoms with E-state index in [-0.39, 0.29) is 0 Å². The van der Waals surface area contributed by atoms with Crippen LogP contribution in [0, 0.1) is 19.3 Å². The largest absolute Gasteiger partial charge is 0.349 e. The lowest BCUT2D eigenvalue weighted by Gasteiger charge is -2.28. The average Bonchev–Trinajstić information content (AvgIpc) is 2.51. The minimum atomic E-state index is 0.305. The van der Waals surface area contributed by atoms with Crippen LogP contribution in [-0.2, 0) is 13.1 Å². The van der Waals surface area contributed by atoms with Crippen LogP contribution < -0.4 is 5.32 Å². The van der Waals surface area contributed by atoms with E-state index in [4.69, 9.17) is 0 Å². The van der Waals surface area contributed by atoms with Crippen molar-refractivity contribution < 1.29 is 0 Å². The molecule has 0 bridgehead atoms. The van der Waals surface area contributed by atoms with Crippen LogP contribution in [0.25, 0.3) is 0 Å². The first kappa shape index (κ1) is 16.3. The van der Waals surface area contributed by atoms with Gasteiger partial charge in [0.05, 0.1) is 0 Å². The van der Waals surface area contributed by atoms with Gasteiger partial charge in [0.25, 0.3) is 0 Å². The Morgan fingerprint density at radius 3 is 2.37 bits per heavy atom. The molecule has 0 saturated carbocycles. The SMILES string of the molecule is CCn1c(C)cc(CNCC(C)(C)CN(C)C)c1C. The smallest absolute Gasteiger partial charge is 0.0223 e. The molecule has 0 saturated heterocycles. The second-order valence-electron chi connectivity index (χ2n) is 6.65. The summed E-state index contributed by atoms with van der Waals surface area (Å²) in [5.41, 5.74) is 4.50. The van der Waals surface area contributed by atoms with Gasteiger partial charge < -0.3 is 14.8 Å². The summed E-state index contributed by atoms with van der Waals surface area (Å²) >= 11 is 0. The molecule has 19 heavy (non-hydrogen) atoms. The fourth-order valence-corrected chi connectivity index (χ4v) is 2.99. The van der Waals surface area contributed by atoms with Gasteiger partial charge in [0.1, 0.15) is 0 Å². The van der Waals surface area contributed by atoms with Gasteiger partial charge >= 0.3 is 0 Å². The lowest BCUT2D eigenvalue weighted by molar-refractivity contribution is 0.232. The normalized spacial score (nSPS) is 12.4. The summed E-state index contributed by atoms with van der Waals surface area (Å²) in [6.45, 7) is 15.4. The van der Waals surface area contributed by atoms with Gasteiger partial charge in [-0.15, -0.1) is 0 Å². The number of hydrogen-bond acceptors (Lipinski definition) is 2. The van der Waals surface area contributed by atoms with Crippen molar-refractivity contribution in [2.45, 2.75) is 47.7 Å². The lowest BCUT2D eigenvalue weighted by Crippen LogP contribution is -2.37. The van der Waals surface area contributed by atoms with Crippen LogP contribution >= 0.6 is 0 Å². The second kappa shape index (κ2) is 6.58. The van der Waals surface area contributed by atoms with E-state index in [2.05, 4.69) is 69.6 Å². The Morgan fingerprint density at radius 2 is 1.89 bits per heavy atom. The zero-order chi connectivity index (χ0) is 14.6. The van der Waals surface area contributed by atoms with E-state index in [1.54, 1.807) is 0 Å². The first-order valence-electron chi connectivity index (χ1n) is 7.28. The van der Waals surface area contributed by atoms with Gasteiger partial charge in [0.2, 0.25) is 0 Å². The van der Waals surface area contributed by atoms with Crippen molar-refractivity contribution in [2.75, 3.05) is 27.2 Å². The van der Waals surface area contributed by atoms with Gasteiger partial charge in [0, 0.05) is 37.6 Å². The fraction of sp³-hybridized carbons (Fsp3) is 0.750. The maximum absolute atomic E-state index is 3.61. The molecule has 110 valence electrons. The van der Waals surface area contributed by atoms with Crippen LogP contribution in [0.5, 0.6) is 0 Å². The first-order valence-corrected chi connectivity index (χ1v) is 7.28. The van der Waals surface area contributed by atoms with Crippen molar-refractivity contribution in [1.82, 2.24) is 14.8 Å². The zero-order valence-corrected chi connectivity index (χ0v) is 13.8. The van der Waals surface area contributed by atoms with Crippen molar-refractivity contribution in [2.24, 2.45) is 5.41 Å². The molecule has 0 radical (unpaired) electrons. The summed E-state index contributed by atoms with van der Waals surface area (Å²) in [7, 11) is 4.27. The maximum Gasteiger partial charge on any atom is 0.0223 e. The molecule has 0 aliphatic rings. The van der Waals surface area contributed by atoms with Crippen LogP contribution in [0.4, 0.5) is 0 Å². The minimum Gasteiger partial charge on any atom is -0.349 e. The van der Waals surface area contributed by atoms with Crippen molar-refractivity contribution in [3.63, 3.8) is 0 Å². The fourth-order valence-electron chi connectivity index (χ4n) is 2.99. The summed E-state index contributed by atoms with van der Waals surface area (Å²) in [4.78, 5) is 2.25. The van der Waals surface area contributed by atoms with Gasteiger partial charge in [-0.05, 0) is 51.9 Å². The molecule has 1 aromatic rings. The quantitative estimate of drug-likeness (QED) is 0.818. The molecule has 1 aromatic heterocycles. The molecule has 0 amide bonds. The molecule has 0 aliphatic carbocycles. The standard InChI is InChI=1S/C16H31N3/c1-8-19-13(2)9-15(14(19)3)10-17-11-16(4,5)12-18(6)7/h9,17H,8,10-12H2,1-7H3. The third-order valence-electron chi connectivity index (χ3n) is 3.66. The van der Waals surface area contributed by atoms with Gasteiger partial charge in [-0.2, -0.15) is 0 Å². The third kappa shape index (κ3) is 4.66. The van der Waals surface area contributed by atoms with E-state index in [1.807, 2.05) is 0 Å². The Balaban J connectivity index is 2.54. The topological polar surface area (TPSA) is 20.2 Å². The highest BCUT2D eigenvalue weighted by molar-refractivity contribution is 5.26. The number of hydrogen-bond donors (Lipinski definition) is 1. The number of aryl methyl sites for hydroxylation is 1. The highest BCUT2D eigenvalue weighted by Gasteiger charge is 2.18. The van der Waals surface area contributed by atoms with E-state index in [1.165, 1.54) is 17.0 Å². The molecular weight excluding hydrogens is 234 g/mol. The maximum atomic E-state index is 3.61. The molecule has 0 atom stereocenters. The zero-order valence-electron chi connectivity index (χ0n) is 13.8. The number of nitrogens with zero attached hydrogens (tertiary/aromatic N) is 2. The van der Waals surface area contributed by atoms with E-state index >= 15 is 0 Å². The Kier molecular flexibility index (Phi) is 5.63. The molecule has 3 nitrogen and oxygen atoms in total. The van der Waals surface area contributed by atoms with Gasteiger partial charge in [-0.3, -0.25) is 0 Å². The summed E-state index contributed by atoms with van der Waals surface area (Å²) in [6.07, 6.45) is 0.